The number of anilines is 1. The molecule has 0 bridgehead atoms. The topological polar surface area (TPSA) is 29.1 Å². The summed E-state index contributed by atoms with van der Waals surface area (Å²) in [5.41, 5.74) is 3.89. The molecule has 19 heavy (non-hydrogen) atoms. The molecule has 0 atom stereocenters. The predicted molar refractivity (Wildman–Crippen MR) is 87.7 cm³/mol. The largest absolute Gasteiger partial charge is 0.321 e. The van der Waals surface area contributed by atoms with Crippen LogP contribution < -0.4 is 5.32 Å². The first-order valence-electron chi connectivity index (χ1n) is 6.27. The molecular formula is C16H16INO. The molecule has 1 amide bonds. The lowest BCUT2D eigenvalue weighted by Crippen LogP contribution is -2.14. The number of amides is 1. The van der Waals surface area contributed by atoms with Crippen LogP contribution in [0.1, 0.15) is 28.4 Å². The number of hydrogen-bond donors (Lipinski definition) is 1. The average Bonchev–Trinajstić information content (AvgIpc) is 2.41. The second kappa shape index (κ2) is 6.19. The molecule has 0 heterocycles. The maximum atomic E-state index is 12.2. The van der Waals surface area contributed by atoms with Gasteiger partial charge in [0, 0.05) is 14.8 Å². The molecule has 0 aliphatic carbocycles. The van der Waals surface area contributed by atoms with Gasteiger partial charge in [-0.3, -0.25) is 4.79 Å². The van der Waals surface area contributed by atoms with E-state index in [1.54, 1.807) is 0 Å². The maximum Gasteiger partial charge on any atom is 0.255 e. The summed E-state index contributed by atoms with van der Waals surface area (Å²) >= 11 is 2.23. The van der Waals surface area contributed by atoms with Crippen LogP contribution in [-0.2, 0) is 6.42 Å². The standard InChI is InChI=1S/C16H16INO/c1-3-12-6-4-5-11(2)15(12)18-16(19)13-7-9-14(17)10-8-13/h4-10H,3H2,1-2H3,(H,18,19). The fourth-order valence-corrected chi connectivity index (χ4v) is 2.35. The van der Waals surface area contributed by atoms with Crippen LogP contribution in [0.3, 0.4) is 0 Å². The number of carbonyl (C=O) groups excluding carboxylic acids is 1. The van der Waals surface area contributed by atoms with Crippen LogP contribution in [-0.4, -0.2) is 5.91 Å². The van der Waals surface area contributed by atoms with Gasteiger partial charge in [0.25, 0.3) is 5.91 Å². The lowest BCUT2D eigenvalue weighted by Gasteiger charge is -2.13. The number of halogens is 1. The van der Waals surface area contributed by atoms with E-state index in [-0.39, 0.29) is 5.91 Å². The van der Waals surface area contributed by atoms with E-state index in [1.807, 2.05) is 43.3 Å². The first-order chi connectivity index (χ1) is 9.11. The Kier molecular flexibility index (Phi) is 4.58. The van der Waals surface area contributed by atoms with Gasteiger partial charge in [0.15, 0.2) is 0 Å². The summed E-state index contributed by atoms with van der Waals surface area (Å²) in [6.07, 6.45) is 0.907. The molecule has 0 aromatic heterocycles. The first-order valence-corrected chi connectivity index (χ1v) is 7.35. The SMILES string of the molecule is CCc1cccc(C)c1NC(=O)c1ccc(I)cc1. The summed E-state index contributed by atoms with van der Waals surface area (Å²) in [4.78, 5) is 12.2. The smallest absolute Gasteiger partial charge is 0.255 e. The van der Waals surface area contributed by atoms with Gasteiger partial charge in [-0.15, -0.1) is 0 Å². The molecule has 98 valence electrons. The fraction of sp³-hybridized carbons (Fsp3) is 0.188. The van der Waals surface area contributed by atoms with Gasteiger partial charge >= 0.3 is 0 Å². The van der Waals surface area contributed by atoms with Gasteiger partial charge < -0.3 is 5.32 Å². The van der Waals surface area contributed by atoms with E-state index in [4.69, 9.17) is 0 Å². The highest BCUT2D eigenvalue weighted by Gasteiger charge is 2.10. The molecule has 2 aromatic carbocycles. The molecule has 0 unspecified atom stereocenters. The minimum absolute atomic E-state index is 0.0552. The van der Waals surface area contributed by atoms with E-state index in [0.717, 1.165) is 21.2 Å². The summed E-state index contributed by atoms with van der Waals surface area (Å²) in [6, 6.07) is 13.7. The van der Waals surface area contributed by atoms with Crippen molar-refractivity contribution in [3.05, 3.63) is 62.7 Å². The molecule has 0 fully saturated rings. The molecule has 0 saturated heterocycles. The van der Waals surface area contributed by atoms with E-state index in [9.17, 15) is 4.79 Å². The Morgan fingerprint density at radius 3 is 2.47 bits per heavy atom. The van der Waals surface area contributed by atoms with E-state index in [1.165, 1.54) is 5.56 Å². The summed E-state index contributed by atoms with van der Waals surface area (Å²) in [6.45, 7) is 4.11. The van der Waals surface area contributed by atoms with Gasteiger partial charge in [-0.05, 0) is 71.3 Å². The highest BCUT2D eigenvalue weighted by atomic mass is 127. The fourth-order valence-electron chi connectivity index (χ4n) is 1.99. The van der Waals surface area contributed by atoms with Crippen molar-refractivity contribution in [1.82, 2.24) is 0 Å². The minimum Gasteiger partial charge on any atom is -0.321 e. The molecular weight excluding hydrogens is 349 g/mol. The summed E-state index contributed by atoms with van der Waals surface area (Å²) in [7, 11) is 0. The summed E-state index contributed by atoms with van der Waals surface area (Å²) in [5, 5.41) is 3.02. The number of aryl methyl sites for hydroxylation is 2. The highest BCUT2D eigenvalue weighted by Crippen LogP contribution is 2.22. The molecule has 1 N–H and O–H groups in total. The van der Waals surface area contributed by atoms with E-state index >= 15 is 0 Å². The Morgan fingerprint density at radius 2 is 1.84 bits per heavy atom. The number of hydrogen-bond acceptors (Lipinski definition) is 1. The molecule has 2 rings (SSSR count). The second-order valence-electron chi connectivity index (χ2n) is 4.42. The molecule has 0 saturated carbocycles. The van der Waals surface area contributed by atoms with Crippen molar-refractivity contribution in [3.63, 3.8) is 0 Å². The Hall–Kier alpha value is -1.36. The lowest BCUT2D eigenvalue weighted by molar-refractivity contribution is 0.102. The number of carbonyl (C=O) groups is 1. The van der Waals surface area contributed by atoms with E-state index < -0.39 is 0 Å². The van der Waals surface area contributed by atoms with Gasteiger partial charge in [-0.25, -0.2) is 0 Å². The van der Waals surface area contributed by atoms with E-state index in [0.29, 0.717) is 5.56 Å². The lowest BCUT2D eigenvalue weighted by atomic mass is 10.1. The normalized spacial score (nSPS) is 10.3. The van der Waals surface area contributed by atoms with Crippen LogP contribution in [0.15, 0.2) is 42.5 Å². The van der Waals surface area contributed by atoms with Crippen molar-refractivity contribution in [2.75, 3.05) is 5.32 Å². The highest BCUT2D eigenvalue weighted by molar-refractivity contribution is 14.1. The van der Waals surface area contributed by atoms with Gasteiger partial charge in [0.2, 0.25) is 0 Å². The molecule has 3 heteroatoms. The van der Waals surface area contributed by atoms with Crippen LogP contribution in [0.5, 0.6) is 0 Å². The minimum atomic E-state index is -0.0552. The predicted octanol–water partition coefficient (Wildman–Crippen LogP) is 4.41. The second-order valence-corrected chi connectivity index (χ2v) is 5.67. The van der Waals surface area contributed by atoms with Gasteiger partial charge in [0.1, 0.15) is 0 Å². The number of nitrogens with one attached hydrogen (secondary N) is 1. The van der Waals surface area contributed by atoms with Gasteiger partial charge in [-0.2, -0.15) is 0 Å². The van der Waals surface area contributed by atoms with Crippen LogP contribution in [0, 0.1) is 10.5 Å². The van der Waals surface area contributed by atoms with Crippen molar-refractivity contribution >= 4 is 34.2 Å². The Labute approximate surface area is 127 Å². The van der Waals surface area contributed by atoms with Crippen molar-refractivity contribution in [2.45, 2.75) is 20.3 Å². The summed E-state index contributed by atoms with van der Waals surface area (Å²) in [5.74, 6) is -0.0552. The summed E-state index contributed by atoms with van der Waals surface area (Å²) < 4.78 is 1.12. The Balaban J connectivity index is 2.26. The van der Waals surface area contributed by atoms with Crippen LogP contribution in [0.25, 0.3) is 0 Å². The Morgan fingerprint density at radius 1 is 1.16 bits per heavy atom. The molecule has 0 aliphatic rings. The third kappa shape index (κ3) is 3.35. The van der Waals surface area contributed by atoms with Crippen molar-refractivity contribution in [3.8, 4) is 0 Å². The molecule has 0 spiro atoms. The van der Waals surface area contributed by atoms with Gasteiger partial charge in [-0.1, -0.05) is 25.1 Å². The third-order valence-corrected chi connectivity index (χ3v) is 3.80. The monoisotopic (exact) mass is 365 g/mol. The molecule has 0 aliphatic heterocycles. The number of benzene rings is 2. The third-order valence-electron chi connectivity index (χ3n) is 3.08. The zero-order valence-electron chi connectivity index (χ0n) is 11.0. The first kappa shape index (κ1) is 14.1. The zero-order valence-corrected chi connectivity index (χ0v) is 13.2. The van der Waals surface area contributed by atoms with Crippen molar-refractivity contribution in [1.29, 1.82) is 0 Å². The van der Waals surface area contributed by atoms with E-state index in [2.05, 4.69) is 40.9 Å². The van der Waals surface area contributed by atoms with Gasteiger partial charge in [0.05, 0.1) is 0 Å². The Bertz CT molecular complexity index is 590. The molecule has 2 nitrogen and oxygen atoms in total. The van der Waals surface area contributed by atoms with Crippen LogP contribution in [0.2, 0.25) is 0 Å². The van der Waals surface area contributed by atoms with Crippen molar-refractivity contribution < 1.29 is 4.79 Å². The maximum absolute atomic E-state index is 12.2. The quantitative estimate of drug-likeness (QED) is 0.802. The number of para-hydroxylation sites is 1. The zero-order chi connectivity index (χ0) is 13.8. The molecule has 0 radical (unpaired) electrons. The van der Waals surface area contributed by atoms with Crippen LogP contribution in [0.4, 0.5) is 5.69 Å². The van der Waals surface area contributed by atoms with Crippen LogP contribution >= 0.6 is 22.6 Å². The average molecular weight is 365 g/mol. The number of rotatable bonds is 3. The van der Waals surface area contributed by atoms with Crippen molar-refractivity contribution in [2.24, 2.45) is 0 Å². The molecule has 2 aromatic rings.